The van der Waals surface area contributed by atoms with Crippen LogP contribution in [-0.2, 0) is 6.42 Å². The number of nitrogens with two attached hydrogens (primary N) is 1. The first kappa shape index (κ1) is 17.2. The topological polar surface area (TPSA) is 109 Å². The number of nitrogens with zero attached hydrogens (tertiary/aromatic N) is 6. The first-order valence-electron chi connectivity index (χ1n) is 8.38. The maximum absolute atomic E-state index is 6.20. The molecule has 4 heterocycles. The molecule has 0 unspecified atom stereocenters. The van der Waals surface area contributed by atoms with Gasteiger partial charge in [0.1, 0.15) is 16.5 Å². The molecule has 2 N–H and O–H groups in total. The number of nitrogen functional groups attached to an aromatic ring is 1. The number of aryl methyl sites for hydroxylation is 2. The zero-order valence-corrected chi connectivity index (χ0v) is 15.6. The van der Waals surface area contributed by atoms with E-state index in [0.717, 1.165) is 34.2 Å². The summed E-state index contributed by atoms with van der Waals surface area (Å²) < 4.78 is 6.77. The summed E-state index contributed by atoms with van der Waals surface area (Å²) in [5, 5.41) is 9.65. The molecule has 0 aliphatic carbocycles. The van der Waals surface area contributed by atoms with E-state index in [1.54, 1.807) is 12.5 Å². The van der Waals surface area contributed by atoms with E-state index < -0.39 is 0 Å². The molecule has 0 aromatic carbocycles. The van der Waals surface area contributed by atoms with E-state index in [1.165, 1.54) is 16.4 Å². The predicted molar refractivity (Wildman–Crippen MR) is 101 cm³/mol. The Morgan fingerprint density at radius 3 is 2.78 bits per heavy atom. The van der Waals surface area contributed by atoms with Gasteiger partial charge in [-0.05, 0) is 49.4 Å². The second-order valence-electron chi connectivity index (χ2n) is 5.76. The fraction of sp³-hybridized carbons (Fsp3) is 0.167. The van der Waals surface area contributed by atoms with Gasteiger partial charge in [0, 0.05) is 11.9 Å². The summed E-state index contributed by atoms with van der Waals surface area (Å²) in [4.78, 5) is 13.5. The monoisotopic (exact) mass is 379 g/mol. The van der Waals surface area contributed by atoms with Crippen LogP contribution in [0.15, 0.2) is 57.4 Å². The molecule has 9 heteroatoms. The Morgan fingerprint density at radius 2 is 2.07 bits per heavy atom. The second-order valence-corrected chi connectivity index (χ2v) is 6.75. The van der Waals surface area contributed by atoms with Crippen molar-refractivity contribution < 1.29 is 4.42 Å². The van der Waals surface area contributed by atoms with Crippen LogP contribution in [-0.4, -0.2) is 29.8 Å². The molecule has 27 heavy (non-hydrogen) atoms. The third-order valence-corrected chi connectivity index (χ3v) is 4.85. The van der Waals surface area contributed by atoms with Crippen LogP contribution in [0, 0.1) is 6.92 Å². The average Bonchev–Trinajstić information content (AvgIpc) is 3.28. The van der Waals surface area contributed by atoms with Crippen LogP contribution in [0.4, 0.5) is 0 Å². The predicted octanol–water partition coefficient (Wildman–Crippen LogP) is 3.13. The van der Waals surface area contributed by atoms with Gasteiger partial charge in [0.2, 0.25) is 5.16 Å². The lowest BCUT2D eigenvalue weighted by Gasteiger charge is -2.06. The number of hydrogen-bond donors (Lipinski definition) is 1. The van der Waals surface area contributed by atoms with Gasteiger partial charge < -0.3 is 10.3 Å². The number of aromatic nitrogens is 6. The lowest BCUT2D eigenvalue weighted by molar-refractivity contribution is 0.535. The van der Waals surface area contributed by atoms with Crippen molar-refractivity contribution in [2.45, 2.75) is 30.5 Å². The zero-order valence-electron chi connectivity index (χ0n) is 14.8. The van der Waals surface area contributed by atoms with Gasteiger partial charge >= 0.3 is 0 Å². The van der Waals surface area contributed by atoms with Gasteiger partial charge in [0.25, 0.3) is 0 Å². The van der Waals surface area contributed by atoms with Crippen LogP contribution in [0.1, 0.15) is 18.4 Å². The van der Waals surface area contributed by atoms with Crippen molar-refractivity contribution >= 4 is 11.8 Å². The van der Waals surface area contributed by atoms with Crippen LogP contribution in [0.3, 0.4) is 0 Å². The first-order valence-corrected chi connectivity index (χ1v) is 9.19. The van der Waals surface area contributed by atoms with Gasteiger partial charge in [0.05, 0.1) is 11.8 Å². The van der Waals surface area contributed by atoms with Crippen molar-refractivity contribution in [2.24, 2.45) is 0 Å². The van der Waals surface area contributed by atoms with Crippen LogP contribution in [0.2, 0.25) is 0 Å². The molecule has 0 amide bonds. The minimum absolute atomic E-state index is 0.526. The van der Waals surface area contributed by atoms with E-state index in [0.29, 0.717) is 16.8 Å². The molecule has 4 aromatic rings. The van der Waals surface area contributed by atoms with Crippen LogP contribution < -0.4 is 5.84 Å². The number of hydrogen-bond acceptors (Lipinski definition) is 8. The average molecular weight is 379 g/mol. The molecular weight excluding hydrogens is 362 g/mol. The first-order chi connectivity index (χ1) is 13.2. The third kappa shape index (κ3) is 3.41. The highest BCUT2D eigenvalue weighted by Crippen LogP contribution is 2.29. The smallest absolute Gasteiger partial charge is 0.216 e. The number of rotatable bonds is 5. The Kier molecular flexibility index (Phi) is 4.59. The maximum Gasteiger partial charge on any atom is 0.216 e. The Morgan fingerprint density at radius 1 is 1.19 bits per heavy atom. The quantitative estimate of drug-likeness (QED) is 0.416. The minimum atomic E-state index is 0.526. The summed E-state index contributed by atoms with van der Waals surface area (Å²) in [5.41, 5.74) is 2.45. The lowest BCUT2D eigenvalue weighted by Crippen LogP contribution is -2.11. The highest BCUT2D eigenvalue weighted by atomic mass is 32.2. The largest absolute Gasteiger partial charge is 0.469 e. The Labute approximate surface area is 159 Å². The van der Waals surface area contributed by atoms with Crippen LogP contribution >= 0.6 is 11.8 Å². The molecule has 0 aliphatic heterocycles. The number of furan rings is 1. The Hall–Kier alpha value is -3.20. The van der Waals surface area contributed by atoms with Gasteiger partial charge in [-0.15, -0.1) is 10.2 Å². The summed E-state index contributed by atoms with van der Waals surface area (Å²) in [6, 6.07) is 9.39. The minimum Gasteiger partial charge on any atom is -0.469 e. The highest BCUT2D eigenvalue weighted by molar-refractivity contribution is 7.99. The van der Waals surface area contributed by atoms with Crippen LogP contribution in [0.25, 0.3) is 22.9 Å². The number of pyridine rings is 1. The van der Waals surface area contributed by atoms with Gasteiger partial charge in [0.15, 0.2) is 11.6 Å². The van der Waals surface area contributed by atoms with Gasteiger partial charge in [-0.1, -0.05) is 13.0 Å². The maximum atomic E-state index is 6.20. The van der Waals surface area contributed by atoms with Gasteiger partial charge in [-0.2, -0.15) is 0 Å². The molecule has 0 saturated carbocycles. The van der Waals surface area contributed by atoms with Crippen molar-refractivity contribution in [1.82, 2.24) is 29.8 Å². The van der Waals surface area contributed by atoms with Gasteiger partial charge in [-0.3, -0.25) is 4.98 Å². The van der Waals surface area contributed by atoms with E-state index in [2.05, 4.69) is 25.1 Å². The molecule has 0 saturated heterocycles. The molecular formula is C18H17N7OS. The molecule has 0 spiro atoms. The van der Waals surface area contributed by atoms with E-state index in [1.807, 2.05) is 44.2 Å². The second kappa shape index (κ2) is 7.20. The lowest BCUT2D eigenvalue weighted by atomic mass is 10.2. The van der Waals surface area contributed by atoms with E-state index in [4.69, 9.17) is 10.3 Å². The fourth-order valence-electron chi connectivity index (χ4n) is 2.56. The Bertz CT molecular complexity index is 1070. The van der Waals surface area contributed by atoms with Crippen molar-refractivity contribution in [2.75, 3.05) is 5.84 Å². The molecule has 0 atom stereocenters. The standard InChI is InChI=1S/C18H17N7OS/c1-3-12-10-15(22-16(21-12)14-6-4-5-8-20-14)27-18-24-23-17(25(18)19)13-7-9-26-11(13)2/h4-10H,3,19H2,1-2H3. The molecule has 4 rings (SSSR count). The van der Waals surface area contributed by atoms with E-state index in [-0.39, 0.29) is 0 Å². The zero-order chi connectivity index (χ0) is 18.8. The van der Waals surface area contributed by atoms with Crippen molar-refractivity contribution in [3.05, 3.63) is 54.2 Å². The summed E-state index contributed by atoms with van der Waals surface area (Å²) >= 11 is 1.33. The van der Waals surface area contributed by atoms with Crippen molar-refractivity contribution in [3.63, 3.8) is 0 Å². The van der Waals surface area contributed by atoms with E-state index >= 15 is 0 Å². The molecule has 0 bridgehead atoms. The summed E-state index contributed by atoms with van der Waals surface area (Å²) in [5.74, 6) is 8.05. The molecule has 8 nitrogen and oxygen atoms in total. The molecule has 0 radical (unpaired) electrons. The molecule has 0 aliphatic rings. The van der Waals surface area contributed by atoms with Crippen LogP contribution in [0.5, 0.6) is 0 Å². The normalized spacial score (nSPS) is 11.0. The van der Waals surface area contributed by atoms with E-state index in [9.17, 15) is 0 Å². The molecule has 136 valence electrons. The fourth-order valence-corrected chi connectivity index (χ4v) is 3.34. The SMILES string of the molecule is CCc1cc(Sc2nnc(-c3ccoc3C)n2N)nc(-c2ccccn2)n1. The van der Waals surface area contributed by atoms with Crippen molar-refractivity contribution in [3.8, 4) is 22.9 Å². The molecule has 4 aromatic heterocycles. The summed E-state index contributed by atoms with van der Waals surface area (Å²) in [7, 11) is 0. The summed E-state index contributed by atoms with van der Waals surface area (Å²) in [6.45, 7) is 3.90. The van der Waals surface area contributed by atoms with Gasteiger partial charge in [-0.25, -0.2) is 14.6 Å². The summed E-state index contributed by atoms with van der Waals surface area (Å²) in [6.07, 6.45) is 4.11. The third-order valence-electron chi connectivity index (χ3n) is 3.97. The highest BCUT2D eigenvalue weighted by Gasteiger charge is 2.17. The van der Waals surface area contributed by atoms with Crippen molar-refractivity contribution in [1.29, 1.82) is 0 Å². The molecule has 0 fully saturated rings. The Balaban J connectivity index is 1.69.